The van der Waals surface area contributed by atoms with E-state index < -0.39 is 5.62 Å². The number of hydrogen-bond donors (Lipinski definition) is 2. The number of nitrogens with zero attached hydrogens (tertiary/aromatic N) is 4. The number of nitrogens with one attached hydrogen (secondary N) is 1. The van der Waals surface area contributed by atoms with Crippen LogP contribution in [-0.2, 0) is 4.74 Å². The van der Waals surface area contributed by atoms with Crippen molar-refractivity contribution in [2.75, 3.05) is 7.11 Å². The highest BCUT2D eigenvalue weighted by atomic mass is 35.5. The number of aromatic amines is 1. The largest absolute Gasteiger partial charge is 0.467 e. The van der Waals surface area contributed by atoms with Crippen molar-refractivity contribution < 1.29 is 4.74 Å². The minimum atomic E-state index is -0.750. The summed E-state index contributed by atoms with van der Waals surface area (Å²) in [6.07, 6.45) is 1.75. The Kier molecular flexibility index (Phi) is 2.84. The maximum atomic E-state index is 6.01. The lowest BCUT2D eigenvalue weighted by Gasteiger charge is -2.25. The number of halogens is 1. The van der Waals surface area contributed by atoms with Gasteiger partial charge in [-0.15, -0.1) is 0 Å². The number of amidine groups is 2. The molecule has 0 radical (unpaired) electrons. The molecule has 0 saturated carbocycles. The van der Waals surface area contributed by atoms with Crippen LogP contribution in [0, 0.1) is 0 Å². The zero-order chi connectivity index (χ0) is 13.4. The molecule has 0 aliphatic carbocycles. The molecule has 0 bridgehead atoms. The van der Waals surface area contributed by atoms with Gasteiger partial charge < -0.3 is 4.74 Å². The third kappa shape index (κ3) is 2.02. The fourth-order valence-electron chi connectivity index (χ4n) is 1.80. The molecule has 3 N–H and O–H groups in total. The van der Waals surface area contributed by atoms with Crippen LogP contribution in [-0.4, -0.2) is 39.8 Å². The van der Waals surface area contributed by atoms with Gasteiger partial charge in [0.15, 0.2) is 5.84 Å². The van der Waals surface area contributed by atoms with Crippen molar-refractivity contribution in [3.8, 4) is 0 Å². The summed E-state index contributed by atoms with van der Waals surface area (Å²) in [5, 5.41) is 9.02. The number of benzene rings is 1. The lowest BCUT2D eigenvalue weighted by molar-refractivity contribution is 0.272. The molecule has 0 amide bonds. The Bertz CT molecular complexity index is 679. The van der Waals surface area contributed by atoms with E-state index in [9.17, 15) is 0 Å². The van der Waals surface area contributed by atoms with Gasteiger partial charge in [0, 0.05) is 10.9 Å². The Morgan fingerprint density at radius 2 is 2.32 bits per heavy atom. The third-order valence-electron chi connectivity index (χ3n) is 2.76. The molecule has 1 aromatic heterocycles. The third-order valence-corrected chi connectivity index (χ3v) is 3.07. The Balaban J connectivity index is 2.05. The molecule has 7 nitrogen and oxygen atoms in total. The van der Waals surface area contributed by atoms with Crippen LogP contribution < -0.4 is 5.84 Å². The molecule has 1 unspecified atom stereocenters. The highest BCUT2D eigenvalue weighted by Crippen LogP contribution is 2.18. The zero-order valence-electron chi connectivity index (χ0n) is 10.0. The molecule has 2 heterocycles. The van der Waals surface area contributed by atoms with Crippen LogP contribution in [0.1, 0.15) is 5.56 Å². The Hall–Kier alpha value is -2.12. The minimum Gasteiger partial charge on any atom is -0.467 e. The highest BCUT2D eigenvalue weighted by molar-refractivity contribution is 6.23. The van der Waals surface area contributed by atoms with Crippen LogP contribution in [0.15, 0.2) is 34.4 Å². The SMILES string of the molecule is COC1=NC(c2ccc3cn[nH]c3c2)=NC(Cl)N1N. The van der Waals surface area contributed by atoms with E-state index in [1.54, 1.807) is 6.20 Å². The number of aliphatic imine (C=N–C) groups is 2. The molecule has 1 aliphatic rings. The molecule has 3 rings (SSSR count). The molecule has 0 saturated heterocycles. The van der Waals surface area contributed by atoms with Crippen LogP contribution >= 0.6 is 11.6 Å². The number of H-pyrrole nitrogens is 1. The first-order valence-corrected chi connectivity index (χ1v) is 5.94. The molecular formula is C11H11ClN6O. The fourth-order valence-corrected chi connectivity index (χ4v) is 1.97. The van der Waals surface area contributed by atoms with Crippen molar-refractivity contribution in [1.82, 2.24) is 15.2 Å². The van der Waals surface area contributed by atoms with E-state index in [1.165, 1.54) is 7.11 Å². The van der Waals surface area contributed by atoms with Crippen LogP contribution in [0.2, 0.25) is 0 Å². The predicted molar refractivity (Wildman–Crippen MR) is 72.7 cm³/mol. The molecule has 0 spiro atoms. The molecule has 1 atom stereocenters. The number of fused-ring (bicyclic) bond motifs is 1. The highest BCUT2D eigenvalue weighted by Gasteiger charge is 2.23. The second-order valence-corrected chi connectivity index (χ2v) is 4.33. The molecule has 1 aromatic carbocycles. The van der Waals surface area contributed by atoms with Gasteiger partial charge in [-0.2, -0.15) is 10.1 Å². The summed E-state index contributed by atoms with van der Waals surface area (Å²) >= 11 is 6.01. The number of alkyl halides is 1. The first-order chi connectivity index (χ1) is 9.19. The Labute approximate surface area is 113 Å². The number of ether oxygens (including phenoxy) is 1. The molecule has 2 aromatic rings. The number of aromatic nitrogens is 2. The van der Waals surface area contributed by atoms with Gasteiger partial charge in [0.05, 0.1) is 18.8 Å². The van der Waals surface area contributed by atoms with Crippen LogP contribution in [0.3, 0.4) is 0 Å². The fraction of sp³-hybridized carbons (Fsp3) is 0.182. The lowest BCUT2D eigenvalue weighted by Crippen LogP contribution is -2.46. The number of methoxy groups -OCH3 is 1. The van der Waals surface area contributed by atoms with Gasteiger partial charge in [0.2, 0.25) is 5.62 Å². The van der Waals surface area contributed by atoms with E-state index in [-0.39, 0.29) is 6.02 Å². The van der Waals surface area contributed by atoms with Crippen LogP contribution in [0.4, 0.5) is 0 Å². The van der Waals surface area contributed by atoms with Gasteiger partial charge in [0.1, 0.15) is 0 Å². The monoisotopic (exact) mass is 278 g/mol. The quantitative estimate of drug-likeness (QED) is 0.463. The summed E-state index contributed by atoms with van der Waals surface area (Å²) < 4.78 is 5.06. The number of rotatable bonds is 1. The predicted octanol–water partition coefficient (Wildman–Crippen LogP) is 1.02. The first kappa shape index (κ1) is 11.9. The summed E-state index contributed by atoms with van der Waals surface area (Å²) in [5.74, 6) is 6.14. The van der Waals surface area contributed by atoms with E-state index in [1.807, 2.05) is 18.2 Å². The van der Waals surface area contributed by atoms with E-state index in [4.69, 9.17) is 22.2 Å². The average Bonchev–Trinajstić information content (AvgIpc) is 2.89. The number of hydrogen-bond acceptors (Lipinski definition) is 6. The maximum Gasteiger partial charge on any atom is 0.311 e. The molecule has 98 valence electrons. The molecule has 1 aliphatic heterocycles. The van der Waals surface area contributed by atoms with Crippen molar-refractivity contribution in [1.29, 1.82) is 0 Å². The molecule has 0 fully saturated rings. The molecular weight excluding hydrogens is 268 g/mol. The summed E-state index contributed by atoms with van der Waals surface area (Å²) in [7, 11) is 1.48. The smallest absolute Gasteiger partial charge is 0.311 e. The minimum absolute atomic E-state index is 0.217. The van der Waals surface area contributed by atoms with Gasteiger partial charge in [-0.05, 0) is 6.07 Å². The average molecular weight is 279 g/mol. The maximum absolute atomic E-state index is 6.01. The van der Waals surface area contributed by atoms with Gasteiger partial charge in [0.25, 0.3) is 0 Å². The van der Waals surface area contributed by atoms with Crippen molar-refractivity contribution in [2.24, 2.45) is 15.8 Å². The second-order valence-electron chi connectivity index (χ2n) is 3.94. The Morgan fingerprint density at radius 3 is 3.11 bits per heavy atom. The van der Waals surface area contributed by atoms with Gasteiger partial charge in [-0.1, -0.05) is 23.7 Å². The second kappa shape index (κ2) is 4.52. The topological polar surface area (TPSA) is 91.9 Å². The van der Waals surface area contributed by atoms with E-state index in [2.05, 4.69) is 20.2 Å². The molecule has 19 heavy (non-hydrogen) atoms. The number of hydrazine groups is 1. The standard InChI is InChI=1S/C11H11ClN6O/c1-19-11-16-9(15-10(12)18(11)13)6-2-3-7-5-14-17-8(7)4-6/h2-5,10H,13H2,1H3,(H,14,17). The van der Waals surface area contributed by atoms with Crippen molar-refractivity contribution in [2.45, 2.75) is 5.62 Å². The number of nitrogens with two attached hydrogens (primary N) is 1. The normalized spacial score (nSPS) is 19.3. The van der Waals surface area contributed by atoms with Crippen LogP contribution in [0.25, 0.3) is 10.9 Å². The van der Waals surface area contributed by atoms with Crippen molar-refractivity contribution in [3.63, 3.8) is 0 Å². The summed E-state index contributed by atoms with van der Waals surface area (Å²) in [6, 6.07) is 5.93. The van der Waals surface area contributed by atoms with Crippen molar-refractivity contribution >= 4 is 34.4 Å². The van der Waals surface area contributed by atoms with Gasteiger partial charge in [-0.3, -0.25) is 5.10 Å². The van der Waals surface area contributed by atoms with E-state index in [0.29, 0.717) is 5.84 Å². The zero-order valence-corrected chi connectivity index (χ0v) is 10.8. The lowest BCUT2D eigenvalue weighted by atomic mass is 10.1. The van der Waals surface area contributed by atoms with Gasteiger partial charge in [-0.25, -0.2) is 15.8 Å². The molecule has 8 heteroatoms. The summed E-state index contributed by atoms with van der Waals surface area (Å²) in [6.45, 7) is 0. The van der Waals surface area contributed by atoms with E-state index in [0.717, 1.165) is 21.5 Å². The van der Waals surface area contributed by atoms with Crippen LogP contribution in [0.5, 0.6) is 0 Å². The van der Waals surface area contributed by atoms with Crippen molar-refractivity contribution in [3.05, 3.63) is 30.0 Å². The van der Waals surface area contributed by atoms with E-state index >= 15 is 0 Å². The summed E-state index contributed by atoms with van der Waals surface area (Å²) in [5.41, 5.74) is 0.959. The Morgan fingerprint density at radius 1 is 1.47 bits per heavy atom. The first-order valence-electron chi connectivity index (χ1n) is 5.51. The van der Waals surface area contributed by atoms with Gasteiger partial charge >= 0.3 is 6.02 Å². The summed E-state index contributed by atoms with van der Waals surface area (Å²) in [4.78, 5) is 8.42.